The van der Waals surface area contributed by atoms with Gasteiger partial charge < -0.3 is 9.47 Å². The van der Waals surface area contributed by atoms with Crippen LogP contribution in [-0.2, 0) is 19.9 Å². The molecule has 0 spiro atoms. The standard InChI is InChI=1S/C20H27F3O3/c1-13(2)16-11-10-14(3)12-17(16)26-18(24)19(25-4,20(21,22)23)15-8-6-5-7-9-15/h5-9,13-14,16-17H,10-12H2,1-4H3/t14-,16-,17+,19?/m1/s1. The second-order valence-electron chi connectivity index (χ2n) is 7.52. The summed E-state index contributed by atoms with van der Waals surface area (Å²) in [5.74, 6) is -0.806. The number of halogens is 3. The van der Waals surface area contributed by atoms with Crippen molar-refractivity contribution in [2.75, 3.05) is 7.11 Å². The fourth-order valence-electron chi connectivity index (χ4n) is 3.86. The Kier molecular flexibility index (Phi) is 6.37. The Morgan fingerprint density at radius 3 is 2.27 bits per heavy atom. The fraction of sp³-hybridized carbons (Fsp3) is 0.650. The van der Waals surface area contributed by atoms with Crippen LogP contribution in [-0.4, -0.2) is 25.4 Å². The van der Waals surface area contributed by atoms with Crippen LogP contribution in [0.1, 0.15) is 45.6 Å². The maximum atomic E-state index is 14.0. The molecule has 1 fully saturated rings. The summed E-state index contributed by atoms with van der Waals surface area (Å²) >= 11 is 0. The molecule has 2 rings (SSSR count). The summed E-state index contributed by atoms with van der Waals surface area (Å²) in [7, 11) is 0.894. The van der Waals surface area contributed by atoms with Crippen LogP contribution in [0.2, 0.25) is 0 Å². The van der Waals surface area contributed by atoms with Gasteiger partial charge in [-0.3, -0.25) is 0 Å². The highest BCUT2D eigenvalue weighted by atomic mass is 19.4. The molecule has 0 heterocycles. The van der Waals surface area contributed by atoms with Gasteiger partial charge in [-0.2, -0.15) is 13.2 Å². The van der Waals surface area contributed by atoms with Gasteiger partial charge in [0.25, 0.3) is 5.60 Å². The number of hydrogen-bond donors (Lipinski definition) is 0. The molecule has 3 nitrogen and oxygen atoms in total. The third kappa shape index (κ3) is 3.90. The van der Waals surface area contributed by atoms with E-state index >= 15 is 0 Å². The van der Waals surface area contributed by atoms with E-state index in [1.807, 2.05) is 20.8 Å². The van der Waals surface area contributed by atoms with Crippen molar-refractivity contribution in [3.63, 3.8) is 0 Å². The van der Waals surface area contributed by atoms with Gasteiger partial charge in [-0.05, 0) is 30.6 Å². The molecule has 0 bridgehead atoms. The lowest BCUT2D eigenvalue weighted by atomic mass is 9.75. The molecule has 0 N–H and O–H groups in total. The number of benzene rings is 1. The van der Waals surface area contributed by atoms with Crippen LogP contribution >= 0.6 is 0 Å². The first-order valence-corrected chi connectivity index (χ1v) is 9.02. The third-order valence-electron chi connectivity index (χ3n) is 5.39. The van der Waals surface area contributed by atoms with Gasteiger partial charge in [-0.15, -0.1) is 0 Å². The fourth-order valence-corrected chi connectivity index (χ4v) is 3.86. The highest BCUT2D eigenvalue weighted by Crippen LogP contribution is 2.44. The molecule has 4 atom stereocenters. The van der Waals surface area contributed by atoms with Crippen LogP contribution in [0.25, 0.3) is 0 Å². The normalized spacial score (nSPS) is 26.4. The van der Waals surface area contributed by atoms with Gasteiger partial charge in [0.2, 0.25) is 0 Å². The van der Waals surface area contributed by atoms with E-state index in [2.05, 4.69) is 0 Å². The van der Waals surface area contributed by atoms with E-state index in [1.165, 1.54) is 24.3 Å². The number of methoxy groups -OCH3 is 1. The SMILES string of the molecule is COC(C(=O)O[C@H]1C[C@H](C)CC[C@@H]1C(C)C)(c1ccccc1)C(F)(F)F. The summed E-state index contributed by atoms with van der Waals surface area (Å²) < 4.78 is 52.2. The molecular formula is C20H27F3O3. The number of alkyl halides is 3. The summed E-state index contributed by atoms with van der Waals surface area (Å²) in [6.07, 6.45) is -3.07. The lowest BCUT2D eigenvalue weighted by Crippen LogP contribution is -2.53. The Labute approximate surface area is 152 Å². The number of carbonyl (C=O) groups excluding carboxylic acids is 1. The quantitative estimate of drug-likeness (QED) is 0.675. The number of carbonyl (C=O) groups is 1. The molecule has 6 heteroatoms. The van der Waals surface area contributed by atoms with Crippen LogP contribution in [0.4, 0.5) is 13.2 Å². The van der Waals surface area contributed by atoms with Crippen molar-refractivity contribution < 1.29 is 27.4 Å². The van der Waals surface area contributed by atoms with Gasteiger partial charge in [0, 0.05) is 12.7 Å². The molecule has 1 aromatic carbocycles. The molecule has 1 unspecified atom stereocenters. The Balaban J connectivity index is 2.38. The molecular weight excluding hydrogens is 345 g/mol. The summed E-state index contributed by atoms with van der Waals surface area (Å²) in [6.45, 7) is 6.04. The minimum atomic E-state index is -4.94. The summed E-state index contributed by atoms with van der Waals surface area (Å²) in [4.78, 5) is 12.8. The maximum absolute atomic E-state index is 14.0. The average molecular weight is 372 g/mol. The zero-order valence-electron chi connectivity index (χ0n) is 15.7. The Morgan fingerprint density at radius 1 is 1.15 bits per heavy atom. The minimum Gasteiger partial charge on any atom is -0.459 e. The smallest absolute Gasteiger partial charge is 0.432 e. The second-order valence-corrected chi connectivity index (χ2v) is 7.52. The van der Waals surface area contributed by atoms with Crippen molar-refractivity contribution in [1.82, 2.24) is 0 Å². The van der Waals surface area contributed by atoms with Crippen LogP contribution in [0, 0.1) is 17.8 Å². The predicted molar refractivity (Wildman–Crippen MR) is 92.4 cm³/mol. The van der Waals surface area contributed by atoms with Crippen molar-refractivity contribution in [2.24, 2.45) is 17.8 Å². The predicted octanol–water partition coefficient (Wildman–Crippen LogP) is 5.09. The maximum Gasteiger partial charge on any atom is 0.432 e. The largest absolute Gasteiger partial charge is 0.459 e. The third-order valence-corrected chi connectivity index (χ3v) is 5.39. The molecule has 0 saturated heterocycles. The first-order chi connectivity index (χ1) is 12.1. The van der Waals surface area contributed by atoms with E-state index in [0.717, 1.165) is 20.0 Å². The zero-order chi connectivity index (χ0) is 19.5. The van der Waals surface area contributed by atoms with E-state index in [0.29, 0.717) is 12.3 Å². The first kappa shape index (κ1) is 20.7. The summed E-state index contributed by atoms with van der Waals surface area (Å²) in [6, 6.07) is 6.95. The Morgan fingerprint density at radius 2 is 1.77 bits per heavy atom. The minimum absolute atomic E-state index is 0.0497. The average Bonchev–Trinajstić information content (AvgIpc) is 2.55. The van der Waals surface area contributed by atoms with Gasteiger partial charge in [0.1, 0.15) is 6.10 Å². The van der Waals surface area contributed by atoms with E-state index in [9.17, 15) is 18.0 Å². The van der Waals surface area contributed by atoms with Crippen LogP contribution in [0.15, 0.2) is 30.3 Å². The molecule has 1 saturated carbocycles. The topological polar surface area (TPSA) is 35.5 Å². The number of hydrogen-bond acceptors (Lipinski definition) is 3. The highest BCUT2D eigenvalue weighted by molar-refractivity contribution is 5.82. The molecule has 0 aliphatic heterocycles. The van der Waals surface area contributed by atoms with Crippen molar-refractivity contribution in [3.05, 3.63) is 35.9 Å². The Hall–Kier alpha value is -1.56. The lowest BCUT2D eigenvalue weighted by Gasteiger charge is -2.39. The highest BCUT2D eigenvalue weighted by Gasteiger charge is 2.64. The number of esters is 1. The van der Waals surface area contributed by atoms with Crippen LogP contribution in [0.5, 0.6) is 0 Å². The van der Waals surface area contributed by atoms with Gasteiger partial charge in [0.05, 0.1) is 0 Å². The first-order valence-electron chi connectivity index (χ1n) is 9.02. The monoisotopic (exact) mass is 372 g/mol. The van der Waals surface area contributed by atoms with E-state index < -0.39 is 23.9 Å². The van der Waals surface area contributed by atoms with Crippen LogP contribution < -0.4 is 0 Å². The van der Waals surface area contributed by atoms with E-state index in [1.54, 1.807) is 6.07 Å². The van der Waals surface area contributed by atoms with Gasteiger partial charge in [0.15, 0.2) is 0 Å². The van der Waals surface area contributed by atoms with Gasteiger partial charge >= 0.3 is 12.1 Å². The van der Waals surface area contributed by atoms with Crippen molar-refractivity contribution in [3.8, 4) is 0 Å². The molecule has 1 aliphatic carbocycles. The van der Waals surface area contributed by atoms with Crippen molar-refractivity contribution in [1.29, 1.82) is 0 Å². The second kappa shape index (κ2) is 7.99. The molecule has 0 aromatic heterocycles. The van der Waals surface area contributed by atoms with Crippen LogP contribution in [0.3, 0.4) is 0 Å². The van der Waals surface area contributed by atoms with Gasteiger partial charge in [-0.1, -0.05) is 57.5 Å². The molecule has 1 aliphatic rings. The molecule has 0 amide bonds. The van der Waals surface area contributed by atoms with Crippen molar-refractivity contribution >= 4 is 5.97 Å². The Bertz CT molecular complexity index is 600. The number of rotatable bonds is 5. The van der Waals surface area contributed by atoms with E-state index in [4.69, 9.17) is 9.47 Å². The van der Waals surface area contributed by atoms with Crippen molar-refractivity contribution in [2.45, 2.75) is 57.9 Å². The summed E-state index contributed by atoms with van der Waals surface area (Å²) in [5, 5.41) is 0. The zero-order valence-corrected chi connectivity index (χ0v) is 15.7. The number of ether oxygens (including phenoxy) is 2. The molecule has 1 aromatic rings. The molecule has 26 heavy (non-hydrogen) atoms. The lowest BCUT2D eigenvalue weighted by molar-refractivity contribution is -0.279. The van der Waals surface area contributed by atoms with E-state index in [-0.39, 0.29) is 17.4 Å². The molecule has 0 radical (unpaired) electrons. The molecule has 146 valence electrons. The van der Waals surface area contributed by atoms with Gasteiger partial charge in [-0.25, -0.2) is 4.79 Å². The summed E-state index contributed by atoms with van der Waals surface area (Å²) in [5.41, 5.74) is -3.39.